The summed E-state index contributed by atoms with van der Waals surface area (Å²) in [5, 5.41) is 0. The molecule has 0 aromatic heterocycles. The van der Waals surface area contributed by atoms with Crippen LogP contribution in [-0.2, 0) is 0 Å². The Hall–Kier alpha value is -3.00. The molecule has 0 amide bonds. The van der Waals surface area contributed by atoms with E-state index < -0.39 is 0 Å². The summed E-state index contributed by atoms with van der Waals surface area (Å²) >= 11 is 0. The van der Waals surface area contributed by atoms with Gasteiger partial charge in [-0.05, 0) is 30.2 Å². The molecule has 0 aliphatic heterocycles. The molecule has 2 heteroatoms. The van der Waals surface area contributed by atoms with Crippen LogP contribution in [-0.4, -0.2) is 11.5 Å². The Bertz CT molecular complexity index is 941. The van der Waals surface area contributed by atoms with Crippen molar-refractivity contribution in [2.75, 3.05) is 0 Å². The quantitative estimate of drug-likeness (QED) is 0.647. The summed E-state index contributed by atoms with van der Waals surface area (Å²) < 4.78 is 0. The lowest BCUT2D eigenvalue weighted by Gasteiger charge is -2.11. The molecule has 0 unspecified atom stereocenters. The highest BCUT2D eigenvalue weighted by Gasteiger charge is 2.37. The molecule has 0 fully saturated rings. The van der Waals surface area contributed by atoms with Crippen molar-refractivity contribution in [3.63, 3.8) is 0 Å². The topological polar surface area (TPSA) is 29.4 Å². The molecule has 1 aliphatic rings. The van der Waals surface area contributed by atoms with E-state index in [4.69, 9.17) is 4.99 Å². The summed E-state index contributed by atoms with van der Waals surface area (Å²) in [5.74, 6) is -0.202. The van der Waals surface area contributed by atoms with E-state index in [-0.39, 0.29) is 11.7 Å². The molecule has 0 radical (unpaired) electrons. The first-order valence-electron chi connectivity index (χ1n) is 8.08. The summed E-state index contributed by atoms with van der Waals surface area (Å²) in [7, 11) is 0. The molecular formula is C22H17NO. The van der Waals surface area contributed by atoms with E-state index in [0.29, 0.717) is 0 Å². The van der Waals surface area contributed by atoms with Crippen LogP contribution in [0.4, 0.5) is 5.69 Å². The molecule has 0 bridgehead atoms. The molecule has 24 heavy (non-hydrogen) atoms. The Balaban J connectivity index is 1.91. The van der Waals surface area contributed by atoms with Crippen molar-refractivity contribution in [2.24, 2.45) is 4.99 Å². The lowest BCUT2D eigenvalue weighted by atomic mass is 9.93. The highest BCUT2D eigenvalue weighted by Crippen LogP contribution is 2.36. The predicted octanol–water partition coefficient (Wildman–Crippen LogP) is 5.10. The van der Waals surface area contributed by atoms with Gasteiger partial charge in [0.2, 0.25) is 0 Å². The van der Waals surface area contributed by atoms with Crippen LogP contribution in [0.5, 0.6) is 0 Å². The Kier molecular flexibility index (Phi) is 3.58. The number of carbonyl (C=O) groups is 1. The monoisotopic (exact) mass is 311 g/mol. The fraction of sp³-hybridized carbons (Fsp3) is 0.0909. The minimum Gasteiger partial charge on any atom is -0.293 e. The fourth-order valence-electron chi connectivity index (χ4n) is 3.27. The molecule has 1 aliphatic carbocycles. The zero-order valence-corrected chi connectivity index (χ0v) is 13.4. The number of rotatable bonds is 2. The molecule has 3 aromatic carbocycles. The molecule has 0 saturated heterocycles. The highest BCUT2D eigenvalue weighted by atomic mass is 16.1. The van der Waals surface area contributed by atoms with Crippen LogP contribution in [0.15, 0.2) is 83.9 Å². The van der Waals surface area contributed by atoms with Gasteiger partial charge in [0.15, 0.2) is 5.78 Å². The average molecular weight is 311 g/mol. The Morgan fingerprint density at radius 3 is 2.25 bits per heavy atom. The summed E-state index contributed by atoms with van der Waals surface area (Å²) in [6.45, 7) is 2.05. The van der Waals surface area contributed by atoms with Gasteiger partial charge in [-0.15, -0.1) is 0 Å². The zero-order chi connectivity index (χ0) is 16.5. The van der Waals surface area contributed by atoms with Gasteiger partial charge < -0.3 is 0 Å². The number of ketones is 1. The molecule has 3 aromatic rings. The lowest BCUT2D eigenvalue weighted by Crippen LogP contribution is -2.13. The zero-order valence-electron chi connectivity index (χ0n) is 13.4. The van der Waals surface area contributed by atoms with E-state index in [9.17, 15) is 4.79 Å². The van der Waals surface area contributed by atoms with Gasteiger partial charge in [0.05, 0.1) is 17.3 Å². The maximum Gasteiger partial charge on any atom is 0.176 e. The van der Waals surface area contributed by atoms with Crippen LogP contribution in [0.1, 0.15) is 33.0 Å². The van der Waals surface area contributed by atoms with Crippen LogP contribution in [0.2, 0.25) is 0 Å². The molecule has 4 rings (SSSR count). The van der Waals surface area contributed by atoms with Crippen molar-refractivity contribution in [2.45, 2.75) is 12.8 Å². The number of carbonyl (C=O) groups excluding carboxylic acids is 1. The normalized spacial score (nSPS) is 18.0. The van der Waals surface area contributed by atoms with Crippen LogP contribution in [0.25, 0.3) is 0 Å². The smallest absolute Gasteiger partial charge is 0.176 e. The summed E-state index contributed by atoms with van der Waals surface area (Å²) in [6.07, 6.45) is 0. The van der Waals surface area contributed by atoms with E-state index in [1.165, 1.54) is 0 Å². The molecule has 116 valence electrons. The predicted molar refractivity (Wildman–Crippen MR) is 97.3 cm³/mol. The lowest BCUT2D eigenvalue weighted by molar-refractivity contribution is 0.0988. The third-order valence-electron chi connectivity index (χ3n) is 4.39. The largest absolute Gasteiger partial charge is 0.293 e. The molecule has 0 saturated carbocycles. The van der Waals surface area contributed by atoms with Crippen LogP contribution in [0, 0.1) is 6.92 Å². The number of hydrogen-bond acceptors (Lipinski definition) is 2. The summed E-state index contributed by atoms with van der Waals surface area (Å²) in [5.41, 5.74) is 5.58. The van der Waals surface area contributed by atoms with Gasteiger partial charge in [0.25, 0.3) is 0 Å². The van der Waals surface area contributed by atoms with Crippen LogP contribution in [0.3, 0.4) is 0 Å². The Morgan fingerprint density at radius 2 is 1.50 bits per heavy atom. The second kappa shape index (κ2) is 5.89. The standard InChI is InChI=1S/C22H17NO/c1-15-8-7-11-17(14-15)23-21-18-12-5-6-13-19(18)22(24)20(21)16-9-3-2-4-10-16/h2-14,20H,1H3/t20-/m1/s1. The molecule has 0 heterocycles. The highest BCUT2D eigenvalue weighted by molar-refractivity contribution is 6.32. The number of benzene rings is 3. The van der Waals surface area contributed by atoms with Gasteiger partial charge in [-0.3, -0.25) is 9.79 Å². The van der Waals surface area contributed by atoms with Gasteiger partial charge in [-0.2, -0.15) is 0 Å². The van der Waals surface area contributed by atoms with Crippen LogP contribution >= 0.6 is 0 Å². The van der Waals surface area contributed by atoms with Gasteiger partial charge in [-0.25, -0.2) is 0 Å². The van der Waals surface area contributed by atoms with Gasteiger partial charge in [0.1, 0.15) is 0 Å². The first kappa shape index (κ1) is 14.6. The molecule has 1 atom stereocenters. The van der Waals surface area contributed by atoms with E-state index in [1.54, 1.807) is 0 Å². The van der Waals surface area contributed by atoms with Crippen molar-refractivity contribution in [1.29, 1.82) is 0 Å². The maximum absolute atomic E-state index is 13.0. The van der Waals surface area contributed by atoms with Crippen LogP contribution < -0.4 is 0 Å². The number of fused-ring (bicyclic) bond motifs is 1. The first-order chi connectivity index (χ1) is 11.7. The average Bonchev–Trinajstić information content (AvgIpc) is 2.88. The minimum atomic E-state index is -0.330. The SMILES string of the molecule is Cc1cccc(N=C2c3ccccc3C(=O)[C@@H]2c2ccccc2)c1. The van der Waals surface area contributed by atoms with Gasteiger partial charge in [-0.1, -0.05) is 66.7 Å². The van der Waals surface area contributed by atoms with Gasteiger partial charge >= 0.3 is 0 Å². The van der Waals surface area contributed by atoms with E-state index in [2.05, 4.69) is 0 Å². The second-order valence-corrected chi connectivity index (χ2v) is 6.09. The molecule has 2 nitrogen and oxygen atoms in total. The maximum atomic E-state index is 13.0. The number of aryl methyl sites for hydroxylation is 1. The molecular weight excluding hydrogens is 294 g/mol. The number of aliphatic imine (C=N–C) groups is 1. The van der Waals surface area contributed by atoms with Crippen molar-refractivity contribution >= 4 is 17.2 Å². The first-order valence-corrected chi connectivity index (χ1v) is 8.08. The van der Waals surface area contributed by atoms with Crippen molar-refractivity contribution in [3.8, 4) is 0 Å². The third-order valence-corrected chi connectivity index (χ3v) is 4.39. The summed E-state index contributed by atoms with van der Waals surface area (Å²) in [6, 6.07) is 25.7. The van der Waals surface area contributed by atoms with E-state index >= 15 is 0 Å². The second-order valence-electron chi connectivity index (χ2n) is 6.09. The number of Topliss-reactive ketones (excluding diaryl/α,β-unsaturated/α-hetero) is 1. The van der Waals surface area contributed by atoms with Crippen molar-refractivity contribution < 1.29 is 4.79 Å². The fourth-order valence-corrected chi connectivity index (χ4v) is 3.27. The van der Waals surface area contributed by atoms with Crippen molar-refractivity contribution in [3.05, 3.63) is 101 Å². The minimum absolute atomic E-state index is 0.128. The third kappa shape index (κ3) is 2.46. The number of hydrogen-bond donors (Lipinski definition) is 0. The number of nitrogens with zero attached hydrogens (tertiary/aromatic N) is 1. The van der Waals surface area contributed by atoms with E-state index in [0.717, 1.165) is 33.7 Å². The van der Waals surface area contributed by atoms with E-state index in [1.807, 2.05) is 85.8 Å². The summed E-state index contributed by atoms with van der Waals surface area (Å²) in [4.78, 5) is 17.8. The Labute approximate surface area is 141 Å². The Morgan fingerprint density at radius 1 is 0.792 bits per heavy atom. The molecule has 0 N–H and O–H groups in total. The van der Waals surface area contributed by atoms with Gasteiger partial charge in [0, 0.05) is 11.1 Å². The molecule has 0 spiro atoms. The van der Waals surface area contributed by atoms with Crippen molar-refractivity contribution in [1.82, 2.24) is 0 Å².